The predicted molar refractivity (Wildman–Crippen MR) is 73.6 cm³/mol. The Labute approximate surface area is 122 Å². The first-order valence-electron chi connectivity index (χ1n) is 6.67. The zero-order valence-electron chi connectivity index (χ0n) is 12.3. The zero-order chi connectivity index (χ0) is 16.3. The summed E-state index contributed by atoms with van der Waals surface area (Å²) in [6.45, 7) is 5.29. The molecule has 21 heavy (non-hydrogen) atoms. The van der Waals surface area contributed by atoms with Crippen molar-refractivity contribution in [3.63, 3.8) is 0 Å². The number of hydrogen-bond donors (Lipinski definition) is 2. The van der Waals surface area contributed by atoms with Crippen LogP contribution < -0.4 is 5.32 Å². The number of carbonyl (C=O) groups excluding carboxylic acids is 1. The Morgan fingerprint density at radius 3 is 2.48 bits per heavy atom. The summed E-state index contributed by atoms with van der Waals surface area (Å²) in [6, 6.07) is 4.66. The molecule has 0 saturated carbocycles. The van der Waals surface area contributed by atoms with Gasteiger partial charge in [0.15, 0.2) is 0 Å². The fourth-order valence-electron chi connectivity index (χ4n) is 1.59. The summed E-state index contributed by atoms with van der Waals surface area (Å²) in [7, 11) is 0. The molecule has 0 aliphatic carbocycles. The number of amides is 1. The fraction of sp³-hybridized carbons (Fsp3) is 0.533. The molecule has 1 atom stereocenters. The molecule has 0 heterocycles. The van der Waals surface area contributed by atoms with Crippen LogP contribution in [0.25, 0.3) is 0 Å². The Morgan fingerprint density at radius 2 is 1.95 bits per heavy atom. The molecule has 3 nitrogen and oxygen atoms in total. The van der Waals surface area contributed by atoms with E-state index in [1.54, 1.807) is 6.92 Å². The quantitative estimate of drug-likeness (QED) is 0.879. The third-order valence-corrected chi connectivity index (χ3v) is 3.51. The molecule has 1 aromatic rings. The summed E-state index contributed by atoms with van der Waals surface area (Å²) in [6.07, 6.45) is -4.58. The molecule has 6 heteroatoms. The van der Waals surface area contributed by atoms with Gasteiger partial charge < -0.3 is 10.4 Å². The van der Waals surface area contributed by atoms with Gasteiger partial charge in [0, 0.05) is 6.54 Å². The topological polar surface area (TPSA) is 49.3 Å². The lowest BCUT2D eigenvalue weighted by molar-refractivity contribution is -0.137. The highest BCUT2D eigenvalue weighted by atomic mass is 19.4. The number of carbonyl (C=O) groups is 1. The summed E-state index contributed by atoms with van der Waals surface area (Å²) >= 11 is 0. The van der Waals surface area contributed by atoms with E-state index in [-0.39, 0.29) is 24.4 Å². The Balaban J connectivity index is 2.64. The molecule has 0 bridgehead atoms. The minimum atomic E-state index is -4.42. The van der Waals surface area contributed by atoms with Gasteiger partial charge in [-0.3, -0.25) is 4.79 Å². The molecular formula is C15H20F3NO2. The molecule has 1 aromatic carbocycles. The van der Waals surface area contributed by atoms with Crippen LogP contribution in [0, 0.1) is 5.92 Å². The van der Waals surface area contributed by atoms with Crippen LogP contribution in [-0.4, -0.2) is 23.2 Å². The Morgan fingerprint density at radius 1 is 1.33 bits per heavy atom. The highest BCUT2D eigenvalue weighted by Crippen LogP contribution is 2.29. The summed E-state index contributed by atoms with van der Waals surface area (Å²) in [5, 5.41) is 12.5. The fourth-order valence-corrected chi connectivity index (χ4v) is 1.59. The Bertz CT molecular complexity index is 496. The lowest BCUT2D eigenvalue weighted by atomic mass is 9.92. The molecule has 0 spiro atoms. The number of hydrogen-bond acceptors (Lipinski definition) is 2. The van der Waals surface area contributed by atoms with Crippen molar-refractivity contribution in [3.8, 4) is 0 Å². The van der Waals surface area contributed by atoms with E-state index in [0.29, 0.717) is 0 Å². The van der Waals surface area contributed by atoms with Crippen molar-refractivity contribution in [2.75, 3.05) is 6.54 Å². The van der Waals surface area contributed by atoms with Crippen molar-refractivity contribution in [3.05, 3.63) is 35.4 Å². The molecule has 0 fully saturated rings. The van der Waals surface area contributed by atoms with Crippen LogP contribution in [0.3, 0.4) is 0 Å². The highest BCUT2D eigenvalue weighted by molar-refractivity contribution is 5.78. The first kappa shape index (κ1) is 17.5. The van der Waals surface area contributed by atoms with Crippen molar-refractivity contribution >= 4 is 5.91 Å². The van der Waals surface area contributed by atoms with Gasteiger partial charge in [-0.2, -0.15) is 13.2 Å². The van der Waals surface area contributed by atoms with E-state index in [1.165, 1.54) is 12.1 Å². The third kappa shape index (κ3) is 5.38. The van der Waals surface area contributed by atoms with Gasteiger partial charge in [0.2, 0.25) is 5.91 Å². The van der Waals surface area contributed by atoms with Crippen LogP contribution in [0.2, 0.25) is 0 Å². The number of benzene rings is 1. The SMILES string of the molecule is CC(C)C(C)(O)CNC(=O)Cc1cccc(C(F)(F)F)c1. The smallest absolute Gasteiger partial charge is 0.388 e. The molecule has 2 N–H and O–H groups in total. The van der Waals surface area contributed by atoms with Crippen LogP contribution in [0.5, 0.6) is 0 Å². The first-order valence-corrected chi connectivity index (χ1v) is 6.67. The van der Waals surface area contributed by atoms with Gasteiger partial charge in [0.25, 0.3) is 0 Å². The van der Waals surface area contributed by atoms with E-state index in [0.717, 1.165) is 12.1 Å². The monoisotopic (exact) mass is 303 g/mol. The molecule has 0 aliphatic rings. The van der Waals surface area contributed by atoms with Crippen molar-refractivity contribution in [2.24, 2.45) is 5.92 Å². The second-order valence-corrected chi connectivity index (χ2v) is 5.66. The van der Waals surface area contributed by atoms with Gasteiger partial charge in [0.05, 0.1) is 17.6 Å². The van der Waals surface area contributed by atoms with Gasteiger partial charge in [-0.1, -0.05) is 32.0 Å². The van der Waals surface area contributed by atoms with Crippen LogP contribution in [0.1, 0.15) is 31.9 Å². The first-order chi connectivity index (χ1) is 9.52. The van der Waals surface area contributed by atoms with Gasteiger partial charge >= 0.3 is 6.18 Å². The molecule has 0 aromatic heterocycles. The van der Waals surface area contributed by atoms with E-state index in [9.17, 15) is 23.1 Å². The second kappa shape index (κ2) is 6.47. The Kier molecular flexibility index (Phi) is 5.39. The van der Waals surface area contributed by atoms with Crippen molar-refractivity contribution in [2.45, 2.75) is 39.0 Å². The normalized spacial score (nSPS) is 14.9. The second-order valence-electron chi connectivity index (χ2n) is 5.66. The summed E-state index contributed by atoms with van der Waals surface area (Å²) < 4.78 is 37.7. The maximum absolute atomic E-state index is 12.6. The third-order valence-electron chi connectivity index (χ3n) is 3.51. The average molecular weight is 303 g/mol. The summed E-state index contributed by atoms with van der Waals surface area (Å²) in [5.74, 6) is -0.471. The van der Waals surface area contributed by atoms with Gasteiger partial charge in [0.1, 0.15) is 0 Å². The van der Waals surface area contributed by atoms with E-state index in [4.69, 9.17) is 0 Å². The zero-order valence-corrected chi connectivity index (χ0v) is 12.3. The largest absolute Gasteiger partial charge is 0.416 e. The van der Waals surface area contributed by atoms with Gasteiger partial charge in [-0.15, -0.1) is 0 Å². The molecule has 0 saturated heterocycles. The minimum absolute atomic E-state index is 0.0497. The molecular weight excluding hydrogens is 283 g/mol. The predicted octanol–water partition coefficient (Wildman–Crippen LogP) is 2.77. The van der Waals surface area contributed by atoms with Crippen LogP contribution in [0.15, 0.2) is 24.3 Å². The average Bonchev–Trinajstić information content (AvgIpc) is 2.35. The van der Waals surface area contributed by atoms with Crippen molar-refractivity contribution in [1.29, 1.82) is 0 Å². The number of halogens is 3. The molecule has 1 amide bonds. The minimum Gasteiger partial charge on any atom is -0.388 e. The molecule has 1 unspecified atom stereocenters. The number of rotatable bonds is 5. The summed E-state index contributed by atoms with van der Waals surface area (Å²) in [4.78, 5) is 11.7. The molecule has 1 rings (SSSR count). The number of aliphatic hydroxyl groups is 1. The van der Waals surface area contributed by atoms with Gasteiger partial charge in [-0.25, -0.2) is 0 Å². The van der Waals surface area contributed by atoms with E-state index < -0.39 is 23.2 Å². The van der Waals surface area contributed by atoms with Gasteiger partial charge in [-0.05, 0) is 24.5 Å². The maximum Gasteiger partial charge on any atom is 0.416 e. The van der Waals surface area contributed by atoms with E-state index in [2.05, 4.69) is 5.32 Å². The molecule has 0 aliphatic heterocycles. The Hall–Kier alpha value is -1.56. The van der Waals surface area contributed by atoms with Crippen LogP contribution in [-0.2, 0) is 17.4 Å². The van der Waals surface area contributed by atoms with Crippen LogP contribution >= 0.6 is 0 Å². The molecule has 0 radical (unpaired) electrons. The van der Waals surface area contributed by atoms with E-state index in [1.807, 2.05) is 13.8 Å². The number of nitrogens with one attached hydrogen (secondary N) is 1. The lowest BCUT2D eigenvalue weighted by Crippen LogP contribution is -2.44. The van der Waals surface area contributed by atoms with E-state index >= 15 is 0 Å². The van der Waals surface area contributed by atoms with Crippen LogP contribution in [0.4, 0.5) is 13.2 Å². The maximum atomic E-state index is 12.6. The van der Waals surface area contributed by atoms with Crippen molar-refractivity contribution < 1.29 is 23.1 Å². The standard InChI is InChI=1S/C15H20F3NO2/c1-10(2)14(3,21)9-19-13(20)8-11-5-4-6-12(7-11)15(16,17)18/h4-7,10,21H,8-9H2,1-3H3,(H,19,20). The summed E-state index contributed by atoms with van der Waals surface area (Å²) in [5.41, 5.74) is -1.54. The number of alkyl halides is 3. The highest BCUT2D eigenvalue weighted by Gasteiger charge is 2.30. The molecule has 118 valence electrons. The van der Waals surface area contributed by atoms with Crippen molar-refractivity contribution in [1.82, 2.24) is 5.32 Å². The lowest BCUT2D eigenvalue weighted by Gasteiger charge is -2.27.